The summed E-state index contributed by atoms with van der Waals surface area (Å²) in [5.74, 6) is 2.03. The Morgan fingerprint density at radius 1 is 0.675 bits per heavy atom. The first kappa shape index (κ1) is 23.0. The predicted octanol–water partition coefficient (Wildman–Crippen LogP) is 7.34. The van der Waals surface area contributed by atoms with Crippen molar-refractivity contribution in [2.24, 2.45) is 7.05 Å². The van der Waals surface area contributed by atoms with Crippen molar-refractivity contribution in [2.75, 3.05) is 0 Å². The number of para-hydroxylation sites is 2. The van der Waals surface area contributed by atoms with E-state index in [1.807, 2.05) is 0 Å². The maximum atomic E-state index is 5.26. The summed E-state index contributed by atoms with van der Waals surface area (Å²) in [6.45, 7) is 7.36. The van der Waals surface area contributed by atoms with Gasteiger partial charge in [0.1, 0.15) is 11.0 Å². The molecule has 4 heterocycles. The van der Waals surface area contributed by atoms with Crippen LogP contribution in [-0.2, 0) is 13.6 Å². The summed E-state index contributed by atoms with van der Waals surface area (Å²) in [5, 5.41) is 2.52. The van der Waals surface area contributed by atoms with Crippen molar-refractivity contribution in [3.63, 3.8) is 0 Å². The SMILES string of the molecule is Cc1ccc2c(c1C)n(-c1ccc3c4ccccc4n(Cc4ccccc4)c3[n+]1C)c1nc3c(C)cccc3n21. The second-order valence-corrected chi connectivity index (χ2v) is 11.0. The summed E-state index contributed by atoms with van der Waals surface area (Å²) in [6.07, 6.45) is 0. The highest BCUT2D eigenvalue weighted by Crippen LogP contribution is 2.34. The quantitative estimate of drug-likeness (QED) is 0.224. The van der Waals surface area contributed by atoms with Gasteiger partial charge in [0.15, 0.2) is 0 Å². The van der Waals surface area contributed by atoms with E-state index in [0.29, 0.717) is 0 Å². The standard InChI is InChI=1S/C35H30N5/c1-22-17-19-30-33(24(22)3)40(35-36-32-23(2)11-10-16-29(32)39(30)35)31-20-18-27-26-14-8-9-15-28(26)38(34(27)37(31)4)21-25-12-6-5-7-13-25/h5-20H,21H2,1-4H3/q+1. The molecule has 0 radical (unpaired) electrons. The second kappa shape index (κ2) is 8.30. The van der Waals surface area contributed by atoms with Gasteiger partial charge in [-0.1, -0.05) is 66.7 Å². The zero-order valence-electron chi connectivity index (χ0n) is 23.2. The lowest BCUT2D eigenvalue weighted by Gasteiger charge is -2.10. The van der Waals surface area contributed by atoms with Crippen LogP contribution < -0.4 is 4.57 Å². The van der Waals surface area contributed by atoms with Crippen LogP contribution in [0.4, 0.5) is 0 Å². The van der Waals surface area contributed by atoms with Gasteiger partial charge in [0.2, 0.25) is 11.5 Å². The highest BCUT2D eigenvalue weighted by molar-refractivity contribution is 6.06. The third-order valence-electron chi connectivity index (χ3n) is 8.67. The lowest BCUT2D eigenvalue weighted by molar-refractivity contribution is -0.641. The Balaban J connectivity index is 1.52. The third kappa shape index (κ3) is 3.03. The van der Waals surface area contributed by atoms with Crippen molar-refractivity contribution in [1.29, 1.82) is 0 Å². The molecular weight excluding hydrogens is 490 g/mol. The molecule has 0 N–H and O–H groups in total. The molecule has 8 aromatic rings. The monoisotopic (exact) mass is 520 g/mol. The molecule has 0 amide bonds. The van der Waals surface area contributed by atoms with Gasteiger partial charge in [0.25, 0.3) is 5.78 Å². The zero-order chi connectivity index (χ0) is 27.1. The number of fused-ring (bicyclic) bond motifs is 8. The molecule has 0 aliphatic rings. The van der Waals surface area contributed by atoms with Crippen molar-refractivity contribution in [1.82, 2.24) is 18.5 Å². The normalized spacial score (nSPS) is 12.1. The van der Waals surface area contributed by atoms with Crippen LogP contribution in [0.1, 0.15) is 22.3 Å². The molecular formula is C35H30N5+. The van der Waals surface area contributed by atoms with Gasteiger partial charge in [0, 0.05) is 11.5 Å². The van der Waals surface area contributed by atoms with Gasteiger partial charge in [-0.2, -0.15) is 9.55 Å². The molecule has 0 fully saturated rings. The third-order valence-corrected chi connectivity index (χ3v) is 8.67. The lowest BCUT2D eigenvalue weighted by Crippen LogP contribution is -2.36. The molecule has 0 bridgehead atoms. The molecule has 0 aliphatic carbocycles. The minimum atomic E-state index is 0.800. The van der Waals surface area contributed by atoms with Crippen LogP contribution in [0.25, 0.3) is 55.6 Å². The number of pyridine rings is 1. The van der Waals surface area contributed by atoms with Crippen LogP contribution in [-0.4, -0.2) is 18.5 Å². The second-order valence-electron chi connectivity index (χ2n) is 11.0. The number of imidazole rings is 2. The summed E-state index contributed by atoms with van der Waals surface area (Å²) >= 11 is 0. The molecule has 0 atom stereocenters. The largest absolute Gasteiger partial charge is 0.282 e. The molecule has 5 heteroatoms. The fraction of sp³-hybridized carbons (Fsp3) is 0.143. The van der Waals surface area contributed by atoms with Crippen LogP contribution >= 0.6 is 0 Å². The maximum absolute atomic E-state index is 5.26. The van der Waals surface area contributed by atoms with E-state index < -0.39 is 0 Å². The first-order chi connectivity index (χ1) is 19.5. The number of aromatic nitrogens is 5. The van der Waals surface area contributed by atoms with Crippen molar-refractivity contribution in [3.05, 3.63) is 119 Å². The van der Waals surface area contributed by atoms with Gasteiger partial charge >= 0.3 is 0 Å². The molecule has 0 unspecified atom stereocenters. The van der Waals surface area contributed by atoms with Crippen molar-refractivity contribution in [3.8, 4) is 5.82 Å². The Morgan fingerprint density at radius 3 is 2.30 bits per heavy atom. The van der Waals surface area contributed by atoms with Gasteiger partial charge < -0.3 is 0 Å². The Bertz CT molecular complexity index is 2280. The van der Waals surface area contributed by atoms with Crippen molar-refractivity contribution < 1.29 is 4.57 Å². The van der Waals surface area contributed by atoms with Gasteiger partial charge in [-0.15, -0.1) is 0 Å². The van der Waals surface area contributed by atoms with Gasteiger partial charge in [0.05, 0.1) is 35.5 Å². The predicted molar refractivity (Wildman–Crippen MR) is 163 cm³/mol. The van der Waals surface area contributed by atoms with E-state index in [-0.39, 0.29) is 0 Å². The summed E-state index contributed by atoms with van der Waals surface area (Å²) in [7, 11) is 2.19. The number of rotatable bonds is 3. The lowest BCUT2D eigenvalue weighted by atomic mass is 10.1. The fourth-order valence-corrected chi connectivity index (χ4v) is 6.55. The van der Waals surface area contributed by atoms with E-state index in [4.69, 9.17) is 4.98 Å². The molecule has 4 aromatic carbocycles. The van der Waals surface area contributed by atoms with Crippen LogP contribution in [0.5, 0.6) is 0 Å². The highest BCUT2D eigenvalue weighted by atomic mass is 15.3. The zero-order valence-corrected chi connectivity index (χ0v) is 23.2. The highest BCUT2D eigenvalue weighted by Gasteiger charge is 2.27. The van der Waals surface area contributed by atoms with Crippen LogP contribution in [0.15, 0.2) is 97.1 Å². The number of hydrogen-bond acceptors (Lipinski definition) is 1. The minimum absolute atomic E-state index is 0.800. The first-order valence-electron chi connectivity index (χ1n) is 13.9. The molecule has 194 valence electrons. The molecule has 4 aromatic heterocycles. The molecule has 8 rings (SSSR count). The number of hydrogen-bond donors (Lipinski definition) is 0. The summed E-state index contributed by atoms with van der Waals surface area (Å²) in [4.78, 5) is 5.26. The molecule has 5 nitrogen and oxygen atoms in total. The van der Waals surface area contributed by atoms with E-state index in [1.54, 1.807) is 0 Å². The maximum Gasteiger partial charge on any atom is 0.282 e. The summed E-state index contributed by atoms with van der Waals surface area (Å²) in [5.41, 5.74) is 12.0. The summed E-state index contributed by atoms with van der Waals surface area (Å²) in [6, 6.07) is 34.9. The molecule has 0 saturated carbocycles. The van der Waals surface area contributed by atoms with Gasteiger partial charge in [-0.25, -0.2) is 4.57 Å². The molecule has 0 spiro atoms. The first-order valence-corrected chi connectivity index (χ1v) is 13.9. The van der Waals surface area contributed by atoms with E-state index >= 15 is 0 Å². The van der Waals surface area contributed by atoms with Crippen molar-refractivity contribution >= 4 is 49.8 Å². The van der Waals surface area contributed by atoms with Crippen LogP contribution in [0, 0.1) is 20.8 Å². The molecule has 0 aliphatic heterocycles. The van der Waals surface area contributed by atoms with Gasteiger partial charge in [-0.05, 0) is 67.3 Å². The van der Waals surface area contributed by atoms with E-state index in [1.165, 1.54) is 55.2 Å². The topological polar surface area (TPSA) is 31.0 Å². The summed E-state index contributed by atoms with van der Waals surface area (Å²) < 4.78 is 9.50. The van der Waals surface area contributed by atoms with E-state index in [0.717, 1.165) is 29.2 Å². The average molecular weight is 521 g/mol. The number of benzene rings is 4. The molecule has 0 saturated heterocycles. The minimum Gasteiger partial charge on any atom is -0.262 e. The Morgan fingerprint density at radius 2 is 1.45 bits per heavy atom. The number of nitrogens with zero attached hydrogens (tertiary/aromatic N) is 5. The van der Waals surface area contributed by atoms with Gasteiger partial charge in [-0.3, -0.25) is 8.97 Å². The van der Waals surface area contributed by atoms with Crippen molar-refractivity contribution in [2.45, 2.75) is 27.3 Å². The van der Waals surface area contributed by atoms with Crippen LogP contribution in [0.3, 0.4) is 0 Å². The van der Waals surface area contributed by atoms with E-state index in [9.17, 15) is 0 Å². The Labute approximate surface area is 232 Å². The fourth-order valence-electron chi connectivity index (χ4n) is 6.55. The molecule has 40 heavy (non-hydrogen) atoms. The Kier molecular flexibility index (Phi) is 4.78. The number of aryl methyl sites for hydroxylation is 4. The van der Waals surface area contributed by atoms with Crippen LogP contribution in [0.2, 0.25) is 0 Å². The van der Waals surface area contributed by atoms with E-state index in [2.05, 4.69) is 143 Å². The Hall–Kier alpha value is -4.90. The smallest absolute Gasteiger partial charge is 0.262 e. The average Bonchev–Trinajstić information content (AvgIpc) is 3.61.